The van der Waals surface area contributed by atoms with Gasteiger partial charge in [-0.1, -0.05) is 0 Å². The Morgan fingerprint density at radius 3 is 2.78 bits per heavy atom. The molecule has 1 atom stereocenters. The second kappa shape index (κ2) is 7.57. The van der Waals surface area contributed by atoms with Crippen LogP contribution in [0.2, 0.25) is 0 Å². The molecule has 8 heteroatoms. The van der Waals surface area contributed by atoms with Gasteiger partial charge in [0.25, 0.3) is 5.91 Å². The number of carbonyl (C=O) groups excluding carboxylic acids is 3. The molecule has 0 spiro atoms. The van der Waals surface area contributed by atoms with Gasteiger partial charge >= 0.3 is 0 Å². The summed E-state index contributed by atoms with van der Waals surface area (Å²) in [5, 5.41) is 2.53. The van der Waals surface area contributed by atoms with Crippen LogP contribution in [0.25, 0.3) is 0 Å². The van der Waals surface area contributed by atoms with Crippen molar-refractivity contribution in [2.45, 2.75) is 13.0 Å². The Morgan fingerprint density at radius 1 is 1.39 bits per heavy atom. The molecule has 8 nitrogen and oxygen atoms in total. The number of rotatable bonds is 4. The van der Waals surface area contributed by atoms with Crippen molar-refractivity contribution in [3.8, 4) is 5.75 Å². The maximum atomic E-state index is 12.2. The Hall–Kier alpha value is -2.64. The molecule has 0 bridgehead atoms. The molecule has 23 heavy (non-hydrogen) atoms. The van der Waals surface area contributed by atoms with Gasteiger partial charge in [0.05, 0.1) is 12.7 Å². The molecule has 0 saturated carbocycles. The number of ether oxygens (including phenoxy) is 1. The first-order valence-corrected chi connectivity index (χ1v) is 7.32. The van der Waals surface area contributed by atoms with Crippen LogP contribution in [0.3, 0.4) is 0 Å². The highest BCUT2D eigenvalue weighted by molar-refractivity contribution is 5.88. The lowest BCUT2D eigenvalue weighted by atomic mass is 10.1. The summed E-state index contributed by atoms with van der Waals surface area (Å²) in [5.74, 6) is -0.194. The predicted octanol–water partition coefficient (Wildman–Crippen LogP) is -0.734. The number of amides is 3. The summed E-state index contributed by atoms with van der Waals surface area (Å²) in [6, 6.07) is 2.75. The summed E-state index contributed by atoms with van der Waals surface area (Å²) in [6.45, 7) is 2.15. The standard InChI is InChI=1S/C15H20N4O4/c1-11(20)19-7-6-18(9-13(19)15(22)16-2)14(21)10-23-12-4-3-5-17-8-12/h3-5,8,13H,6-7,9-10H2,1-2H3,(H,16,22)/t13-/m1/s1. The first kappa shape index (κ1) is 16.7. The Kier molecular flexibility index (Phi) is 5.51. The van der Waals surface area contributed by atoms with Crippen LogP contribution in [-0.4, -0.2) is 71.8 Å². The third kappa shape index (κ3) is 4.18. The molecule has 1 aromatic heterocycles. The molecule has 1 fully saturated rings. The quantitative estimate of drug-likeness (QED) is 0.789. The average molecular weight is 320 g/mol. The van der Waals surface area contributed by atoms with E-state index < -0.39 is 6.04 Å². The van der Waals surface area contributed by atoms with E-state index in [4.69, 9.17) is 4.74 Å². The maximum Gasteiger partial charge on any atom is 0.260 e. The van der Waals surface area contributed by atoms with Crippen LogP contribution >= 0.6 is 0 Å². The van der Waals surface area contributed by atoms with Crippen LogP contribution in [0.5, 0.6) is 5.75 Å². The zero-order valence-electron chi connectivity index (χ0n) is 13.2. The minimum absolute atomic E-state index is 0.133. The predicted molar refractivity (Wildman–Crippen MR) is 81.6 cm³/mol. The number of hydrogen-bond acceptors (Lipinski definition) is 5. The van der Waals surface area contributed by atoms with Crippen molar-refractivity contribution in [1.82, 2.24) is 20.1 Å². The number of nitrogens with one attached hydrogen (secondary N) is 1. The summed E-state index contributed by atoms with van der Waals surface area (Å²) >= 11 is 0. The van der Waals surface area contributed by atoms with Crippen molar-refractivity contribution in [1.29, 1.82) is 0 Å². The molecule has 0 aliphatic carbocycles. The summed E-state index contributed by atoms with van der Waals surface area (Å²) in [6.07, 6.45) is 3.14. The molecular weight excluding hydrogens is 300 g/mol. The van der Waals surface area contributed by atoms with Gasteiger partial charge in [0.1, 0.15) is 11.8 Å². The molecule has 1 N–H and O–H groups in total. The minimum atomic E-state index is -0.673. The van der Waals surface area contributed by atoms with Gasteiger partial charge in [-0.15, -0.1) is 0 Å². The van der Waals surface area contributed by atoms with Crippen molar-refractivity contribution < 1.29 is 19.1 Å². The van der Waals surface area contributed by atoms with Gasteiger partial charge in [0, 0.05) is 33.3 Å². The second-order valence-electron chi connectivity index (χ2n) is 5.16. The molecule has 3 amide bonds. The summed E-state index contributed by atoms with van der Waals surface area (Å²) in [4.78, 5) is 42.7. The molecule has 124 valence electrons. The van der Waals surface area contributed by atoms with Crippen LogP contribution in [0.1, 0.15) is 6.92 Å². The van der Waals surface area contributed by atoms with Gasteiger partial charge in [-0.3, -0.25) is 19.4 Å². The fraction of sp³-hybridized carbons (Fsp3) is 0.467. The fourth-order valence-electron chi connectivity index (χ4n) is 2.45. The number of pyridine rings is 1. The van der Waals surface area contributed by atoms with E-state index in [-0.39, 0.29) is 30.9 Å². The smallest absolute Gasteiger partial charge is 0.260 e. The van der Waals surface area contributed by atoms with E-state index in [1.54, 1.807) is 18.3 Å². The largest absolute Gasteiger partial charge is 0.482 e. The van der Waals surface area contributed by atoms with Crippen molar-refractivity contribution in [2.75, 3.05) is 33.3 Å². The third-order valence-electron chi connectivity index (χ3n) is 3.68. The third-order valence-corrected chi connectivity index (χ3v) is 3.68. The average Bonchev–Trinajstić information content (AvgIpc) is 2.59. The Morgan fingerprint density at radius 2 is 2.17 bits per heavy atom. The lowest BCUT2D eigenvalue weighted by Crippen LogP contribution is -2.61. The number of nitrogens with zero attached hydrogens (tertiary/aromatic N) is 3. The normalized spacial score (nSPS) is 17.6. The molecule has 1 saturated heterocycles. The molecule has 1 aromatic rings. The number of piperazine rings is 1. The molecule has 1 aliphatic rings. The van der Waals surface area contributed by atoms with Crippen LogP contribution in [-0.2, 0) is 14.4 Å². The first-order chi connectivity index (χ1) is 11.0. The highest BCUT2D eigenvalue weighted by atomic mass is 16.5. The Labute approximate surface area is 134 Å². The number of aromatic nitrogens is 1. The van der Waals surface area contributed by atoms with Crippen LogP contribution in [0.15, 0.2) is 24.5 Å². The zero-order valence-corrected chi connectivity index (χ0v) is 13.2. The van der Waals surface area contributed by atoms with Crippen molar-refractivity contribution in [3.63, 3.8) is 0 Å². The van der Waals surface area contributed by atoms with Gasteiger partial charge in [-0.2, -0.15) is 0 Å². The number of carbonyl (C=O) groups is 3. The van der Waals surface area contributed by atoms with Crippen LogP contribution < -0.4 is 10.1 Å². The SMILES string of the molecule is CNC(=O)[C@H]1CN(C(=O)COc2cccnc2)CCN1C(C)=O. The highest BCUT2D eigenvalue weighted by Gasteiger charge is 2.35. The minimum Gasteiger partial charge on any atom is -0.482 e. The van der Waals surface area contributed by atoms with Gasteiger partial charge in [-0.25, -0.2) is 0 Å². The van der Waals surface area contributed by atoms with E-state index in [1.807, 2.05) is 0 Å². The van der Waals surface area contributed by atoms with E-state index in [0.29, 0.717) is 18.8 Å². The molecule has 2 heterocycles. The molecular formula is C15H20N4O4. The highest BCUT2D eigenvalue weighted by Crippen LogP contribution is 2.12. The second-order valence-corrected chi connectivity index (χ2v) is 5.16. The maximum absolute atomic E-state index is 12.2. The zero-order chi connectivity index (χ0) is 16.8. The topological polar surface area (TPSA) is 91.8 Å². The lowest BCUT2D eigenvalue weighted by Gasteiger charge is -2.39. The number of hydrogen-bond donors (Lipinski definition) is 1. The van der Waals surface area contributed by atoms with Crippen LogP contribution in [0, 0.1) is 0 Å². The molecule has 0 radical (unpaired) electrons. The lowest BCUT2D eigenvalue weighted by molar-refractivity contribution is -0.147. The molecule has 0 unspecified atom stereocenters. The van der Waals surface area contributed by atoms with E-state index in [2.05, 4.69) is 10.3 Å². The van der Waals surface area contributed by atoms with Crippen LogP contribution in [0.4, 0.5) is 0 Å². The van der Waals surface area contributed by atoms with Gasteiger partial charge in [0.15, 0.2) is 6.61 Å². The molecule has 0 aromatic carbocycles. The van der Waals surface area contributed by atoms with Crippen molar-refractivity contribution >= 4 is 17.7 Å². The Balaban J connectivity index is 1.96. The van der Waals surface area contributed by atoms with Crippen molar-refractivity contribution in [3.05, 3.63) is 24.5 Å². The summed E-state index contributed by atoms with van der Waals surface area (Å²) in [5.41, 5.74) is 0. The molecule has 1 aliphatic heterocycles. The van der Waals surface area contributed by atoms with E-state index >= 15 is 0 Å². The van der Waals surface area contributed by atoms with E-state index in [9.17, 15) is 14.4 Å². The molecule has 2 rings (SSSR count). The van der Waals surface area contributed by atoms with E-state index in [0.717, 1.165) is 0 Å². The Bertz CT molecular complexity index is 578. The fourth-order valence-corrected chi connectivity index (χ4v) is 2.45. The summed E-state index contributed by atoms with van der Waals surface area (Å²) < 4.78 is 5.38. The van der Waals surface area contributed by atoms with Gasteiger partial charge in [0.2, 0.25) is 11.8 Å². The van der Waals surface area contributed by atoms with E-state index in [1.165, 1.54) is 30.0 Å². The monoisotopic (exact) mass is 320 g/mol. The van der Waals surface area contributed by atoms with Crippen molar-refractivity contribution in [2.24, 2.45) is 0 Å². The summed E-state index contributed by atoms with van der Waals surface area (Å²) in [7, 11) is 1.51. The van der Waals surface area contributed by atoms with Gasteiger partial charge in [-0.05, 0) is 12.1 Å². The van der Waals surface area contributed by atoms with Gasteiger partial charge < -0.3 is 19.9 Å². The first-order valence-electron chi connectivity index (χ1n) is 7.32. The number of likely N-dealkylation sites (N-methyl/N-ethyl adjacent to an activating group) is 1.